The number of nitrogens with zero attached hydrogens (tertiary/aromatic N) is 1. The summed E-state index contributed by atoms with van der Waals surface area (Å²) < 4.78 is 25.8. The minimum absolute atomic E-state index is 0.0694. The van der Waals surface area contributed by atoms with Crippen molar-refractivity contribution in [2.75, 3.05) is 18.8 Å². The van der Waals surface area contributed by atoms with Gasteiger partial charge in [0.25, 0.3) is 0 Å². The van der Waals surface area contributed by atoms with Crippen molar-refractivity contribution in [3.05, 3.63) is 29.8 Å². The second-order valence-electron chi connectivity index (χ2n) is 4.75. The summed E-state index contributed by atoms with van der Waals surface area (Å²) in [7, 11) is -3.17. The van der Waals surface area contributed by atoms with Crippen LogP contribution in [0.3, 0.4) is 0 Å². The Morgan fingerprint density at radius 2 is 2.00 bits per heavy atom. The fourth-order valence-corrected chi connectivity index (χ4v) is 3.72. The summed E-state index contributed by atoms with van der Waals surface area (Å²) >= 11 is 0. The van der Waals surface area contributed by atoms with Crippen molar-refractivity contribution in [1.29, 1.82) is 0 Å². The van der Waals surface area contributed by atoms with Gasteiger partial charge in [-0.3, -0.25) is 0 Å². The molecule has 0 bridgehead atoms. The summed E-state index contributed by atoms with van der Waals surface area (Å²) in [5, 5.41) is 0. The van der Waals surface area contributed by atoms with E-state index < -0.39 is 10.0 Å². The lowest BCUT2D eigenvalue weighted by Crippen LogP contribution is -2.29. The molecule has 1 aliphatic rings. The molecule has 1 fully saturated rings. The third-order valence-electron chi connectivity index (χ3n) is 3.11. The minimum Gasteiger partial charge on any atom is -0.399 e. The van der Waals surface area contributed by atoms with E-state index >= 15 is 0 Å². The maximum Gasteiger partial charge on any atom is 0.218 e. The number of nitrogens with two attached hydrogens (primary N) is 1. The Labute approximate surface area is 102 Å². The molecule has 0 amide bonds. The van der Waals surface area contributed by atoms with Gasteiger partial charge in [0.1, 0.15) is 0 Å². The minimum atomic E-state index is -3.17. The number of sulfonamides is 1. The highest BCUT2D eigenvalue weighted by molar-refractivity contribution is 7.88. The molecule has 5 heteroatoms. The van der Waals surface area contributed by atoms with E-state index in [9.17, 15) is 8.42 Å². The molecule has 1 heterocycles. The SMILES string of the molecule is CC1CCN(S(=O)(=O)Cc2ccc(N)cc2)C1. The molecular weight excluding hydrogens is 236 g/mol. The number of benzene rings is 1. The third kappa shape index (κ3) is 2.98. The quantitative estimate of drug-likeness (QED) is 0.830. The molecule has 0 aliphatic carbocycles. The van der Waals surface area contributed by atoms with Crippen LogP contribution in [0.15, 0.2) is 24.3 Å². The van der Waals surface area contributed by atoms with E-state index in [2.05, 4.69) is 6.92 Å². The molecule has 1 saturated heterocycles. The predicted molar refractivity (Wildman–Crippen MR) is 68.8 cm³/mol. The molecule has 17 heavy (non-hydrogen) atoms. The predicted octanol–water partition coefficient (Wildman–Crippen LogP) is 1.44. The van der Waals surface area contributed by atoms with E-state index in [1.165, 1.54) is 0 Å². The van der Waals surface area contributed by atoms with E-state index in [4.69, 9.17) is 5.73 Å². The molecule has 2 rings (SSSR count). The maximum absolute atomic E-state index is 12.1. The average Bonchev–Trinajstić information content (AvgIpc) is 2.69. The molecule has 2 N–H and O–H groups in total. The van der Waals surface area contributed by atoms with Crippen LogP contribution in [0.1, 0.15) is 18.9 Å². The first-order chi connectivity index (χ1) is 7.97. The Kier molecular flexibility index (Phi) is 3.40. The van der Waals surface area contributed by atoms with Crippen LogP contribution in [0, 0.1) is 5.92 Å². The summed E-state index contributed by atoms with van der Waals surface area (Å²) in [5.41, 5.74) is 7.02. The summed E-state index contributed by atoms with van der Waals surface area (Å²) in [6.07, 6.45) is 0.959. The lowest BCUT2D eigenvalue weighted by molar-refractivity contribution is 0.463. The zero-order valence-corrected chi connectivity index (χ0v) is 10.8. The Morgan fingerprint density at radius 1 is 1.35 bits per heavy atom. The molecule has 0 radical (unpaired) electrons. The van der Waals surface area contributed by atoms with E-state index in [-0.39, 0.29) is 5.75 Å². The molecule has 4 nitrogen and oxygen atoms in total. The van der Waals surface area contributed by atoms with Gasteiger partial charge < -0.3 is 5.73 Å². The Hall–Kier alpha value is -1.07. The fraction of sp³-hybridized carbons (Fsp3) is 0.500. The topological polar surface area (TPSA) is 63.4 Å². The van der Waals surface area contributed by atoms with Crippen molar-refractivity contribution in [3.8, 4) is 0 Å². The maximum atomic E-state index is 12.1. The van der Waals surface area contributed by atoms with Crippen LogP contribution < -0.4 is 5.73 Å². The van der Waals surface area contributed by atoms with Gasteiger partial charge in [0, 0.05) is 18.8 Å². The van der Waals surface area contributed by atoms with Crippen LogP contribution in [0.25, 0.3) is 0 Å². The van der Waals surface area contributed by atoms with E-state index in [0.717, 1.165) is 12.0 Å². The molecule has 0 spiro atoms. The van der Waals surface area contributed by atoms with Crippen molar-refractivity contribution in [3.63, 3.8) is 0 Å². The van der Waals surface area contributed by atoms with Crippen molar-refractivity contribution < 1.29 is 8.42 Å². The summed E-state index contributed by atoms with van der Waals surface area (Å²) in [6, 6.07) is 7.01. The molecule has 94 valence electrons. The third-order valence-corrected chi connectivity index (χ3v) is 4.93. The summed E-state index contributed by atoms with van der Waals surface area (Å²) in [4.78, 5) is 0. The number of rotatable bonds is 3. The first-order valence-corrected chi connectivity index (χ1v) is 7.40. The van der Waals surface area contributed by atoms with E-state index in [0.29, 0.717) is 24.7 Å². The van der Waals surface area contributed by atoms with Crippen LogP contribution in [0.5, 0.6) is 0 Å². The standard InChI is InChI=1S/C12H18N2O2S/c1-10-6-7-14(8-10)17(15,16)9-11-2-4-12(13)5-3-11/h2-5,10H,6-9,13H2,1H3. The normalized spacial score (nSPS) is 21.8. The molecule has 1 aromatic rings. The average molecular weight is 254 g/mol. The smallest absolute Gasteiger partial charge is 0.218 e. The number of nitrogen functional groups attached to an aromatic ring is 1. The van der Waals surface area contributed by atoms with Gasteiger partial charge in [-0.1, -0.05) is 19.1 Å². The van der Waals surface area contributed by atoms with Crippen LogP contribution >= 0.6 is 0 Å². The number of anilines is 1. The van der Waals surface area contributed by atoms with Gasteiger partial charge in [-0.05, 0) is 30.0 Å². The molecule has 0 saturated carbocycles. The Bertz CT molecular complexity index is 482. The molecule has 0 aromatic heterocycles. The first-order valence-electron chi connectivity index (χ1n) is 5.79. The molecule has 1 aromatic carbocycles. The largest absolute Gasteiger partial charge is 0.399 e. The highest BCUT2D eigenvalue weighted by Gasteiger charge is 2.29. The van der Waals surface area contributed by atoms with Crippen LogP contribution in [-0.2, 0) is 15.8 Å². The van der Waals surface area contributed by atoms with E-state index in [1.54, 1.807) is 28.6 Å². The summed E-state index contributed by atoms with van der Waals surface area (Å²) in [5.74, 6) is 0.538. The number of hydrogen-bond acceptors (Lipinski definition) is 3. The monoisotopic (exact) mass is 254 g/mol. The molecule has 1 aliphatic heterocycles. The van der Waals surface area contributed by atoms with Gasteiger partial charge in [0.2, 0.25) is 10.0 Å². The molecular formula is C12H18N2O2S. The van der Waals surface area contributed by atoms with Gasteiger partial charge in [-0.25, -0.2) is 12.7 Å². The van der Waals surface area contributed by atoms with Crippen molar-refractivity contribution in [1.82, 2.24) is 4.31 Å². The van der Waals surface area contributed by atoms with Gasteiger partial charge >= 0.3 is 0 Å². The van der Waals surface area contributed by atoms with Gasteiger partial charge in [-0.2, -0.15) is 0 Å². The van der Waals surface area contributed by atoms with Crippen LogP contribution in [0.4, 0.5) is 5.69 Å². The highest BCUT2D eigenvalue weighted by Crippen LogP contribution is 2.21. The zero-order valence-electron chi connectivity index (χ0n) is 9.96. The fourth-order valence-electron chi connectivity index (χ4n) is 2.06. The lowest BCUT2D eigenvalue weighted by Gasteiger charge is -2.15. The Morgan fingerprint density at radius 3 is 2.53 bits per heavy atom. The van der Waals surface area contributed by atoms with Gasteiger partial charge in [-0.15, -0.1) is 0 Å². The van der Waals surface area contributed by atoms with Crippen molar-refractivity contribution in [2.45, 2.75) is 19.1 Å². The zero-order chi connectivity index (χ0) is 12.5. The first kappa shape index (κ1) is 12.4. The second-order valence-corrected chi connectivity index (χ2v) is 6.72. The second kappa shape index (κ2) is 4.66. The van der Waals surface area contributed by atoms with Crippen molar-refractivity contribution >= 4 is 15.7 Å². The molecule has 1 unspecified atom stereocenters. The van der Waals surface area contributed by atoms with Gasteiger partial charge in [0.15, 0.2) is 0 Å². The highest BCUT2D eigenvalue weighted by atomic mass is 32.2. The van der Waals surface area contributed by atoms with Crippen LogP contribution in [-0.4, -0.2) is 25.8 Å². The van der Waals surface area contributed by atoms with E-state index in [1.807, 2.05) is 0 Å². The summed E-state index contributed by atoms with van der Waals surface area (Å²) in [6.45, 7) is 3.38. The lowest BCUT2D eigenvalue weighted by atomic mass is 10.2. The number of hydrogen-bond donors (Lipinski definition) is 1. The van der Waals surface area contributed by atoms with Crippen LogP contribution in [0.2, 0.25) is 0 Å². The van der Waals surface area contributed by atoms with Crippen molar-refractivity contribution in [2.24, 2.45) is 5.92 Å². The molecule has 1 atom stereocenters. The Balaban J connectivity index is 2.09. The van der Waals surface area contributed by atoms with Gasteiger partial charge in [0.05, 0.1) is 5.75 Å².